The summed E-state index contributed by atoms with van der Waals surface area (Å²) in [5.41, 5.74) is 3.84. The number of benzene rings is 3. The third kappa shape index (κ3) is 3.51. The SMILES string of the molecule is CCn1c2ccccc2c2cc(NC(=O)/C=C/c3ccc(Cl)cc3Cl)ccc21. The molecular formula is C23H18Cl2N2O. The molecule has 0 saturated carbocycles. The molecule has 0 saturated heterocycles. The van der Waals surface area contributed by atoms with Gasteiger partial charge in [-0.2, -0.15) is 0 Å². The molecule has 0 unspecified atom stereocenters. The number of nitrogens with one attached hydrogen (secondary N) is 1. The van der Waals surface area contributed by atoms with Gasteiger partial charge in [0.25, 0.3) is 0 Å². The van der Waals surface area contributed by atoms with E-state index in [0.29, 0.717) is 10.0 Å². The molecule has 140 valence electrons. The van der Waals surface area contributed by atoms with Gasteiger partial charge in [0.05, 0.1) is 0 Å². The van der Waals surface area contributed by atoms with Crippen molar-refractivity contribution in [3.8, 4) is 0 Å². The zero-order valence-electron chi connectivity index (χ0n) is 15.2. The Kier molecular flexibility index (Phi) is 5.12. The van der Waals surface area contributed by atoms with Crippen molar-refractivity contribution in [1.82, 2.24) is 4.57 Å². The number of hydrogen-bond acceptors (Lipinski definition) is 1. The van der Waals surface area contributed by atoms with Crippen LogP contribution >= 0.6 is 23.2 Å². The molecule has 4 rings (SSSR count). The number of rotatable bonds is 4. The van der Waals surface area contributed by atoms with Gasteiger partial charge in [0.1, 0.15) is 0 Å². The van der Waals surface area contributed by atoms with Crippen molar-refractivity contribution in [2.24, 2.45) is 0 Å². The molecule has 0 aliphatic carbocycles. The summed E-state index contributed by atoms with van der Waals surface area (Å²) in [5, 5.41) is 6.29. The van der Waals surface area contributed by atoms with Gasteiger partial charge in [-0.3, -0.25) is 4.79 Å². The smallest absolute Gasteiger partial charge is 0.248 e. The lowest BCUT2D eigenvalue weighted by Gasteiger charge is -2.05. The standard InChI is InChI=1S/C23H18Cl2N2O/c1-2-27-21-6-4-3-5-18(21)19-14-17(10-11-22(19)27)26-23(28)12-8-15-7-9-16(24)13-20(15)25/h3-14H,2H2,1H3,(H,26,28)/b12-8+. The molecule has 0 aliphatic rings. The van der Waals surface area contributed by atoms with Gasteiger partial charge >= 0.3 is 0 Å². The number of carbonyl (C=O) groups excluding carboxylic acids is 1. The van der Waals surface area contributed by atoms with Crippen molar-refractivity contribution in [3.05, 3.63) is 82.3 Å². The predicted molar refractivity (Wildman–Crippen MR) is 119 cm³/mol. The second kappa shape index (κ2) is 7.70. The Morgan fingerprint density at radius 3 is 2.57 bits per heavy atom. The largest absolute Gasteiger partial charge is 0.341 e. The summed E-state index contributed by atoms with van der Waals surface area (Å²) >= 11 is 12.0. The number of aryl methyl sites for hydroxylation is 1. The van der Waals surface area contributed by atoms with Crippen LogP contribution in [0.25, 0.3) is 27.9 Å². The van der Waals surface area contributed by atoms with E-state index in [4.69, 9.17) is 23.2 Å². The van der Waals surface area contributed by atoms with E-state index in [2.05, 4.69) is 28.9 Å². The summed E-state index contributed by atoms with van der Waals surface area (Å²) in [7, 11) is 0. The van der Waals surface area contributed by atoms with Gasteiger partial charge < -0.3 is 9.88 Å². The van der Waals surface area contributed by atoms with Crippen molar-refractivity contribution in [2.45, 2.75) is 13.5 Å². The summed E-state index contributed by atoms with van der Waals surface area (Å²) < 4.78 is 2.28. The van der Waals surface area contributed by atoms with Crippen LogP contribution < -0.4 is 5.32 Å². The quantitative estimate of drug-likeness (QED) is 0.371. The van der Waals surface area contributed by atoms with Crippen LogP contribution in [0.1, 0.15) is 12.5 Å². The Bertz CT molecular complexity index is 1220. The number of hydrogen-bond donors (Lipinski definition) is 1. The second-order valence-electron chi connectivity index (χ2n) is 6.48. The van der Waals surface area contributed by atoms with E-state index in [9.17, 15) is 4.79 Å². The van der Waals surface area contributed by atoms with E-state index in [1.54, 1.807) is 24.3 Å². The van der Waals surface area contributed by atoms with Crippen molar-refractivity contribution in [2.75, 3.05) is 5.32 Å². The molecule has 5 heteroatoms. The van der Waals surface area contributed by atoms with Crippen molar-refractivity contribution < 1.29 is 4.79 Å². The van der Waals surface area contributed by atoms with Crippen LogP contribution in [-0.2, 0) is 11.3 Å². The minimum Gasteiger partial charge on any atom is -0.341 e. The van der Waals surface area contributed by atoms with Crippen LogP contribution in [0.4, 0.5) is 5.69 Å². The normalized spacial score (nSPS) is 11.5. The van der Waals surface area contributed by atoms with Crippen LogP contribution in [0, 0.1) is 0 Å². The van der Waals surface area contributed by atoms with E-state index in [0.717, 1.165) is 28.7 Å². The second-order valence-corrected chi connectivity index (χ2v) is 7.33. The molecule has 3 aromatic carbocycles. The Labute approximate surface area is 173 Å². The summed E-state index contributed by atoms with van der Waals surface area (Å²) in [6.07, 6.45) is 3.14. The van der Waals surface area contributed by atoms with Gasteiger partial charge in [-0.15, -0.1) is 0 Å². The van der Waals surface area contributed by atoms with Crippen molar-refractivity contribution >= 4 is 62.7 Å². The number of carbonyl (C=O) groups is 1. The fourth-order valence-electron chi connectivity index (χ4n) is 3.46. The molecule has 0 fully saturated rings. The van der Waals surface area contributed by atoms with Gasteiger partial charge in [0, 0.05) is 50.2 Å². The lowest BCUT2D eigenvalue weighted by molar-refractivity contribution is -0.111. The molecule has 0 aliphatic heterocycles. The van der Waals surface area contributed by atoms with Crippen LogP contribution in [0.2, 0.25) is 10.0 Å². The number of aromatic nitrogens is 1. The minimum absolute atomic E-state index is 0.218. The maximum atomic E-state index is 12.4. The number of nitrogens with zero attached hydrogens (tertiary/aromatic N) is 1. The van der Waals surface area contributed by atoms with Gasteiger partial charge in [0.15, 0.2) is 0 Å². The van der Waals surface area contributed by atoms with Crippen LogP contribution in [0.5, 0.6) is 0 Å². The monoisotopic (exact) mass is 408 g/mol. The molecule has 0 atom stereocenters. The fourth-order valence-corrected chi connectivity index (χ4v) is 3.93. The van der Waals surface area contributed by atoms with E-state index < -0.39 is 0 Å². The lowest BCUT2D eigenvalue weighted by Crippen LogP contribution is -2.07. The highest BCUT2D eigenvalue weighted by Crippen LogP contribution is 2.31. The molecule has 28 heavy (non-hydrogen) atoms. The topological polar surface area (TPSA) is 34.0 Å². The molecule has 0 bridgehead atoms. The lowest BCUT2D eigenvalue weighted by atomic mass is 10.1. The highest BCUT2D eigenvalue weighted by Gasteiger charge is 2.10. The third-order valence-electron chi connectivity index (χ3n) is 4.73. The summed E-state index contributed by atoms with van der Waals surface area (Å²) in [5.74, 6) is -0.218. The van der Waals surface area contributed by atoms with Gasteiger partial charge in [0.2, 0.25) is 5.91 Å². The van der Waals surface area contributed by atoms with E-state index >= 15 is 0 Å². The molecular weight excluding hydrogens is 391 g/mol. The molecule has 1 N–H and O–H groups in total. The van der Waals surface area contributed by atoms with Gasteiger partial charge in [-0.1, -0.05) is 47.5 Å². The predicted octanol–water partition coefficient (Wildman–Crippen LogP) is 6.77. The maximum Gasteiger partial charge on any atom is 0.248 e. The first kappa shape index (κ1) is 18.6. The summed E-state index contributed by atoms with van der Waals surface area (Å²) in [4.78, 5) is 12.4. The van der Waals surface area contributed by atoms with Crippen molar-refractivity contribution in [1.29, 1.82) is 0 Å². The van der Waals surface area contributed by atoms with Crippen LogP contribution in [0.3, 0.4) is 0 Å². The Morgan fingerprint density at radius 1 is 1.00 bits per heavy atom. The first-order chi connectivity index (χ1) is 13.6. The zero-order valence-corrected chi connectivity index (χ0v) is 16.8. The molecule has 1 heterocycles. The Hall–Kier alpha value is -2.75. The highest BCUT2D eigenvalue weighted by molar-refractivity contribution is 6.35. The Balaban J connectivity index is 1.62. The molecule has 0 spiro atoms. The average Bonchev–Trinajstić information content (AvgIpc) is 3.00. The van der Waals surface area contributed by atoms with Gasteiger partial charge in [-0.25, -0.2) is 0 Å². The van der Waals surface area contributed by atoms with Crippen LogP contribution in [-0.4, -0.2) is 10.5 Å². The number of anilines is 1. The zero-order chi connectivity index (χ0) is 19.7. The molecule has 0 radical (unpaired) electrons. The average molecular weight is 409 g/mol. The molecule has 3 nitrogen and oxygen atoms in total. The number of para-hydroxylation sites is 1. The van der Waals surface area contributed by atoms with Crippen LogP contribution in [0.15, 0.2) is 66.7 Å². The maximum absolute atomic E-state index is 12.4. The summed E-state index contributed by atoms with van der Waals surface area (Å²) in [6.45, 7) is 3.02. The number of amides is 1. The molecule has 4 aromatic rings. The highest BCUT2D eigenvalue weighted by atomic mass is 35.5. The van der Waals surface area contributed by atoms with E-state index in [-0.39, 0.29) is 5.91 Å². The van der Waals surface area contributed by atoms with E-state index in [1.165, 1.54) is 17.0 Å². The number of halogens is 2. The first-order valence-electron chi connectivity index (χ1n) is 9.02. The minimum atomic E-state index is -0.218. The molecule has 1 amide bonds. The van der Waals surface area contributed by atoms with Gasteiger partial charge in [-0.05, 0) is 55.0 Å². The summed E-state index contributed by atoms with van der Waals surface area (Å²) in [6, 6.07) is 19.5. The van der Waals surface area contributed by atoms with Crippen molar-refractivity contribution in [3.63, 3.8) is 0 Å². The fraction of sp³-hybridized carbons (Fsp3) is 0.0870. The first-order valence-corrected chi connectivity index (χ1v) is 9.77. The third-order valence-corrected chi connectivity index (χ3v) is 5.30. The van der Waals surface area contributed by atoms with E-state index in [1.807, 2.05) is 30.3 Å². The Morgan fingerprint density at radius 2 is 1.79 bits per heavy atom. The number of fused-ring (bicyclic) bond motifs is 3. The molecule has 1 aromatic heterocycles.